The van der Waals surface area contributed by atoms with Crippen molar-refractivity contribution in [2.75, 3.05) is 12.4 Å². The zero-order valence-corrected chi connectivity index (χ0v) is 13.3. The van der Waals surface area contributed by atoms with Crippen LogP contribution in [0.15, 0.2) is 30.5 Å². The van der Waals surface area contributed by atoms with E-state index < -0.39 is 0 Å². The molecule has 1 amide bonds. The van der Waals surface area contributed by atoms with E-state index in [9.17, 15) is 4.79 Å². The van der Waals surface area contributed by atoms with E-state index in [4.69, 9.17) is 4.74 Å². The molecule has 22 heavy (non-hydrogen) atoms. The molecule has 3 aromatic rings. The largest absolute Gasteiger partial charge is 0.481 e. The summed E-state index contributed by atoms with van der Waals surface area (Å²) in [6.07, 6.45) is 1.48. The van der Waals surface area contributed by atoms with Gasteiger partial charge in [-0.05, 0) is 37.1 Å². The number of fused-ring (bicyclic) bond motifs is 1. The molecule has 112 valence electrons. The Hall–Kier alpha value is -2.47. The third-order valence-electron chi connectivity index (χ3n) is 3.26. The fourth-order valence-corrected chi connectivity index (χ4v) is 3.27. The molecule has 0 aliphatic heterocycles. The number of carbonyl (C=O) groups is 1. The van der Waals surface area contributed by atoms with Gasteiger partial charge >= 0.3 is 0 Å². The number of aryl methyl sites for hydroxylation is 2. The maximum absolute atomic E-state index is 12.2. The molecule has 0 radical (unpaired) electrons. The number of aromatic nitrogens is 2. The molecule has 0 fully saturated rings. The van der Waals surface area contributed by atoms with Crippen molar-refractivity contribution < 1.29 is 9.53 Å². The van der Waals surface area contributed by atoms with Crippen molar-refractivity contribution in [3.63, 3.8) is 0 Å². The number of thiazole rings is 1. The van der Waals surface area contributed by atoms with E-state index in [1.807, 2.05) is 13.8 Å². The Morgan fingerprint density at radius 3 is 2.77 bits per heavy atom. The molecule has 0 saturated heterocycles. The zero-order valence-electron chi connectivity index (χ0n) is 12.5. The van der Waals surface area contributed by atoms with E-state index >= 15 is 0 Å². The fourth-order valence-electron chi connectivity index (χ4n) is 2.23. The highest BCUT2D eigenvalue weighted by molar-refractivity contribution is 7.22. The van der Waals surface area contributed by atoms with Crippen molar-refractivity contribution in [1.82, 2.24) is 9.97 Å². The van der Waals surface area contributed by atoms with Crippen LogP contribution < -0.4 is 10.1 Å². The first-order chi connectivity index (χ1) is 10.6. The first-order valence-corrected chi connectivity index (χ1v) is 7.57. The lowest BCUT2D eigenvalue weighted by Gasteiger charge is -2.02. The van der Waals surface area contributed by atoms with Crippen LogP contribution in [-0.2, 0) is 0 Å². The maximum Gasteiger partial charge on any atom is 0.259 e. The number of amides is 1. The predicted molar refractivity (Wildman–Crippen MR) is 87.8 cm³/mol. The molecule has 2 heterocycles. The number of methoxy groups -OCH3 is 1. The number of rotatable bonds is 3. The Labute approximate surface area is 132 Å². The van der Waals surface area contributed by atoms with Gasteiger partial charge in [-0.1, -0.05) is 17.4 Å². The van der Waals surface area contributed by atoms with E-state index in [1.54, 1.807) is 12.1 Å². The summed E-state index contributed by atoms with van der Waals surface area (Å²) < 4.78 is 6.05. The maximum atomic E-state index is 12.2. The minimum atomic E-state index is -0.233. The van der Waals surface area contributed by atoms with Crippen molar-refractivity contribution in [2.24, 2.45) is 0 Å². The van der Waals surface area contributed by atoms with Crippen molar-refractivity contribution in [3.05, 3.63) is 47.2 Å². The topological polar surface area (TPSA) is 64.1 Å². The summed E-state index contributed by atoms with van der Waals surface area (Å²) in [6.45, 7) is 4.07. The molecule has 0 unspecified atom stereocenters. The number of anilines is 1. The predicted octanol–water partition coefficient (Wildman–Crippen LogP) is 3.57. The Morgan fingerprint density at radius 1 is 1.27 bits per heavy atom. The van der Waals surface area contributed by atoms with Gasteiger partial charge in [0.25, 0.3) is 5.91 Å². The second kappa shape index (κ2) is 5.73. The SMILES string of the molecule is COc1ccc(C(=O)Nc2nc3c(C)cc(C)cc3s2)cn1. The van der Waals surface area contributed by atoms with Crippen molar-refractivity contribution in [3.8, 4) is 5.88 Å². The molecule has 1 N–H and O–H groups in total. The third-order valence-corrected chi connectivity index (χ3v) is 4.18. The van der Waals surface area contributed by atoms with Crippen LogP contribution >= 0.6 is 11.3 Å². The molecular weight excluding hydrogens is 298 g/mol. The molecule has 0 bridgehead atoms. The highest BCUT2D eigenvalue weighted by Crippen LogP contribution is 2.29. The molecule has 0 saturated carbocycles. The van der Waals surface area contributed by atoms with Crippen LogP contribution in [0.2, 0.25) is 0 Å². The van der Waals surface area contributed by atoms with Gasteiger partial charge in [0, 0.05) is 12.3 Å². The molecular formula is C16H15N3O2S. The third kappa shape index (κ3) is 2.78. The lowest BCUT2D eigenvalue weighted by Crippen LogP contribution is -2.11. The van der Waals surface area contributed by atoms with Gasteiger partial charge in [-0.2, -0.15) is 0 Å². The molecule has 0 atom stereocenters. The molecule has 3 rings (SSSR count). The number of pyridine rings is 1. The summed E-state index contributed by atoms with van der Waals surface area (Å²) in [6, 6.07) is 7.48. The number of ether oxygens (including phenoxy) is 1. The Morgan fingerprint density at radius 2 is 2.09 bits per heavy atom. The monoisotopic (exact) mass is 313 g/mol. The minimum Gasteiger partial charge on any atom is -0.481 e. The number of hydrogen-bond acceptors (Lipinski definition) is 5. The molecule has 6 heteroatoms. The number of nitrogens with zero attached hydrogens (tertiary/aromatic N) is 2. The van der Waals surface area contributed by atoms with Gasteiger partial charge in [-0.25, -0.2) is 9.97 Å². The Bertz CT molecular complexity index is 840. The van der Waals surface area contributed by atoms with Crippen LogP contribution in [0.5, 0.6) is 5.88 Å². The summed E-state index contributed by atoms with van der Waals surface area (Å²) in [7, 11) is 1.54. The van der Waals surface area contributed by atoms with Gasteiger partial charge < -0.3 is 4.74 Å². The summed E-state index contributed by atoms with van der Waals surface area (Å²) >= 11 is 1.47. The number of nitrogens with one attached hydrogen (secondary N) is 1. The van der Waals surface area contributed by atoms with Crippen LogP contribution in [0.3, 0.4) is 0 Å². The van der Waals surface area contributed by atoms with Gasteiger partial charge in [-0.15, -0.1) is 0 Å². The van der Waals surface area contributed by atoms with Crippen LogP contribution in [0, 0.1) is 13.8 Å². The van der Waals surface area contributed by atoms with E-state index in [0.717, 1.165) is 15.8 Å². The summed E-state index contributed by atoms with van der Waals surface area (Å²) in [5.41, 5.74) is 3.69. The van der Waals surface area contributed by atoms with E-state index in [-0.39, 0.29) is 5.91 Å². The van der Waals surface area contributed by atoms with Crippen molar-refractivity contribution >= 4 is 32.6 Å². The van der Waals surface area contributed by atoms with Gasteiger partial charge in [0.05, 0.1) is 22.9 Å². The highest BCUT2D eigenvalue weighted by Gasteiger charge is 2.12. The van der Waals surface area contributed by atoms with Crippen LogP contribution in [-0.4, -0.2) is 23.0 Å². The first-order valence-electron chi connectivity index (χ1n) is 6.76. The smallest absolute Gasteiger partial charge is 0.259 e. The highest BCUT2D eigenvalue weighted by atomic mass is 32.1. The normalized spacial score (nSPS) is 10.7. The van der Waals surface area contributed by atoms with Crippen molar-refractivity contribution in [2.45, 2.75) is 13.8 Å². The van der Waals surface area contributed by atoms with Gasteiger partial charge in [0.15, 0.2) is 5.13 Å². The standard InChI is InChI=1S/C16H15N3O2S/c1-9-6-10(2)14-12(7-9)22-16(18-14)19-15(20)11-4-5-13(21-3)17-8-11/h4-8H,1-3H3,(H,18,19,20). The number of hydrogen-bond donors (Lipinski definition) is 1. The molecule has 0 aliphatic rings. The van der Waals surface area contributed by atoms with Gasteiger partial charge in [-0.3, -0.25) is 10.1 Å². The summed E-state index contributed by atoms with van der Waals surface area (Å²) in [4.78, 5) is 20.7. The van der Waals surface area contributed by atoms with E-state index in [1.165, 1.54) is 30.2 Å². The molecule has 2 aromatic heterocycles. The number of benzene rings is 1. The van der Waals surface area contributed by atoms with Crippen LogP contribution in [0.25, 0.3) is 10.2 Å². The second-order valence-corrected chi connectivity index (χ2v) is 6.02. The Balaban J connectivity index is 1.85. The van der Waals surface area contributed by atoms with Gasteiger partial charge in [0.1, 0.15) is 0 Å². The second-order valence-electron chi connectivity index (χ2n) is 4.99. The van der Waals surface area contributed by atoms with Crippen LogP contribution in [0.1, 0.15) is 21.5 Å². The zero-order chi connectivity index (χ0) is 15.7. The quantitative estimate of drug-likeness (QED) is 0.803. The molecule has 0 spiro atoms. The molecule has 0 aliphatic carbocycles. The lowest BCUT2D eigenvalue weighted by molar-refractivity contribution is 0.102. The van der Waals surface area contributed by atoms with Gasteiger partial charge in [0.2, 0.25) is 5.88 Å². The summed E-state index contributed by atoms with van der Waals surface area (Å²) in [5.74, 6) is 0.242. The number of carbonyl (C=O) groups excluding carboxylic acids is 1. The average molecular weight is 313 g/mol. The molecule has 1 aromatic carbocycles. The first kappa shape index (κ1) is 14.5. The average Bonchev–Trinajstić information content (AvgIpc) is 2.90. The molecule has 5 nitrogen and oxygen atoms in total. The van der Waals surface area contributed by atoms with Crippen LogP contribution in [0.4, 0.5) is 5.13 Å². The van der Waals surface area contributed by atoms with E-state index in [0.29, 0.717) is 16.6 Å². The summed E-state index contributed by atoms with van der Waals surface area (Å²) in [5, 5.41) is 3.41. The van der Waals surface area contributed by atoms with E-state index in [2.05, 4.69) is 27.4 Å². The Kier molecular flexibility index (Phi) is 3.77. The van der Waals surface area contributed by atoms with Crippen molar-refractivity contribution in [1.29, 1.82) is 0 Å². The fraction of sp³-hybridized carbons (Fsp3) is 0.188. The lowest BCUT2D eigenvalue weighted by atomic mass is 10.1. The minimum absolute atomic E-state index is 0.233.